The van der Waals surface area contributed by atoms with E-state index in [1.807, 2.05) is 0 Å². The van der Waals surface area contributed by atoms with Crippen LogP contribution in [0.3, 0.4) is 0 Å². The number of furan rings is 1. The lowest BCUT2D eigenvalue weighted by molar-refractivity contribution is 0.107. The molecule has 0 radical (unpaired) electrons. The Balaban J connectivity index is 1.21. The number of anilines is 1. The van der Waals surface area contributed by atoms with Crippen molar-refractivity contribution >= 4 is 38.6 Å². The summed E-state index contributed by atoms with van der Waals surface area (Å²) in [5, 5.41) is 16.5. The molecule has 3 unspecified atom stereocenters. The number of benzene rings is 2. The largest absolute Gasteiger partial charge is 0.508 e. The SMILES string of the molecule is O=c1c(-c2cc(O)cc3ccc4occc4c23)c(F)c2nc(OC[C@@]34CCCN3C[C@H](F)C4)nc3c2n1CCC1C2CCC(CN31)N2. The van der Waals surface area contributed by atoms with E-state index in [1.165, 1.54) is 6.07 Å². The Morgan fingerprint density at radius 3 is 2.96 bits per heavy atom. The molecule has 47 heavy (non-hydrogen) atoms. The Morgan fingerprint density at radius 1 is 1.13 bits per heavy atom. The predicted octanol–water partition coefficient (Wildman–Crippen LogP) is 4.87. The highest BCUT2D eigenvalue weighted by molar-refractivity contribution is 6.14. The van der Waals surface area contributed by atoms with Crippen LogP contribution in [-0.4, -0.2) is 80.6 Å². The van der Waals surface area contributed by atoms with E-state index in [1.54, 1.807) is 35.1 Å². The first-order valence-electron chi connectivity index (χ1n) is 16.7. The highest BCUT2D eigenvalue weighted by Crippen LogP contribution is 2.43. The molecule has 0 spiro atoms. The summed E-state index contributed by atoms with van der Waals surface area (Å²) in [7, 11) is 0. The maximum atomic E-state index is 17.3. The maximum absolute atomic E-state index is 17.3. The van der Waals surface area contributed by atoms with Crippen molar-refractivity contribution in [3.05, 3.63) is 52.8 Å². The van der Waals surface area contributed by atoms with E-state index in [-0.39, 0.29) is 53.1 Å². The topological polar surface area (TPSA) is 109 Å². The molecule has 12 heteroatoms. The molecule has 5 aliphatic rings. The van der Waals surface area contributed by atoms with Crippen molar-refractivity contribution in [3.8, 4) is 22.9 Å². The maximum Gasteiger partial charge on any atom is 0.319 e. The van der Waals surface area contributed by atoms with Crippen molar-refractivity contribution in [1.29, 1.82) is 0 Å². The Kier molecular flexibility index (Phi) is 5.83. The fourth-order valence-corrected chi connectivity index (χ4v) is 9.48. The second-order valence-electron chi connectivity index (χ2n) is 14.1. The van der Waals surface area contributed by atoms with Crippen LogP contribution < -0.4 is 20.5 Å². The van der Waals surface area contributed by atoms with Crippen LogP contribution in [0.25, 0.3) is 43.9 Å². The van der Waals surface area contributed by atoms with Gasteiger partial charge in [0.15, 0.2) is 11.6 Å². The molecule has 3 aromatic heterocycles. The number of halogens is 2. The van der Waals surface area contributed by atoms with E-state index in [9.17, 15) is 14.3 Å². The molecule has 242 valence electrons. The molecule has 4 fully saturated rings. The molecule has 10 nitrogen and oxygen atoms in total. The molecule has 2 aromatic carbocycles. The van der Waals surface area contributed by atoms with Gasteiger partial charge in [0.2, 0.25) is 0 Å². The minimum absolute atomic E-state index is 0.00226. The quantitative estimate of drug-likeness (QED) is 0.285. The Labute approximate surface area is 267 Å². The van der Waals surface area contributed by atoms with Crippen LogP contribution in [0.4, 0.5) is 14.6 Å². The van der Waals surface area contributed by atoms with E-state index in [0.29, 0.717) is 65.6 Å². The van der Waals surface area contributed by atoms with Gasteiger partial charge < -0.3 is 29.0 Å². The Hall–Kier alpha value is -4.29. The number of nitrogens with one attached hydrogen (secondary N) is 1. The summed E-state index contributed by atoms with van der Waals surface area (Å²) in [4.78, 5) is 28.6. The van der Waals surface area contributed by atoms with Gasteiger partial charge in [-0.1, -0.05) is 6.07 Å². The van der Waals surface area contributed by atoms with E-state index in [0.717, 1.165) is 32.2 Å². The molecule has 2 N–H and O–H groups in total. The van der Waals surface area contributed by atoms with Gasteiger partial charge in [0.1, 0.15) is 35.1 Å². The number of aromatic nitrogens is 3. The number of aryl methyl sites for hydroxylation is 1. The van der Waals surface area contributed by atoms with Crippen LogP contribution in [0.1, 0.15) is 38.5 Å². The standard InChI is InChI=1S/C35H34F2N6O4/c36-19-14-35(8-1-9-41(35)15-19)17-47-34-39-30-29(37)28(23-13-21(44)12-18-2-5-26-22(27(18)23)7-11-46-26)33(45)42-10-6-25-24-4-3-20(38-24)16-43(25)32(40-34)31(30)42/h2,5,7,11-13,19-20,24-25,38,44H,1,3-4,6,8-10,14-17H2/t19-,20?,24?,25?,35+/m1/s1. The van der Waals surface area contributed by atoms with E-state index >= 15 is 4.39 Å². The van der Waals surface area contributed by atoms with E-state index in [2.05, 4.69) is 20.1 Å². The van der Waals surface area contributed by atoms with Gasteiger partial charge in [-0.05, 0) is 68.3 Å². The molecule has 0 saturated carbocycles. The number of fused-ring (bicyclic) bond motifs is 9. The Bertz CT molecular complexity index is 2190. The Morgan fingerprint density at radius 2 is 2.04 bits per heavy atom. The second-order valence-corrected chi connectivity index (χ2v) is 14.1. The summed E-state index contributed by atoms with van der Waals surface area (Å²) >= 11 is 0. The minimum atomic E-state index is -0.911. The van der Waals surface area contributed by atoms with Gasteiger partial charge >= 0.3 is 6.01 Å². The summed E-state index contributed by atoms with van der Waals surface area (Å²) in [5.41, 5.74) is 0.116. The molecule has 0 amide bonds. The number of rotatable bonds is 4. The molecule has 4 saturated heterocycles. The molecular formula is C35H34F2N6O4. The molecule has 2 bridgehead atoms. The van der Waals surface area contributed by atoms with Crippen LogP contribution in [0.2, 0.25) is 0 Å². The lowest BCUT2D eigenvalue weighted by Gasteiger charge is -2.41. The first-order chi connectivity index (χ1) is 22.9. The van der Waals surface area contributed by atoms with Gasteiger partial charge in [-0.2, -0.15) is 9.97 Å². The van der Waals surface area contributed by atoms with Crippen molar-refractivity contribution in [1.82, 2.24) is 24.8 Å². The lowest BCUT2D eigenvalue weighted by atomic mass is 9.95. The smallest absolute Gasteiger partial charge is 0.319 e. The van der Waals surface area contributed by atoms with Crippen molar-refractivity contribution in [3.63, 3.8) is 0 Å². The van der Waals surface area contributed by atoms with Crippen LogP contribution in [-0.2, 0) is 6.54 Å². The highest BCUT2D eigenvalue weighted by Gasteiger charge is 2.50. The first kappa shape index (κ1) is 27.8. The fraction of sp³-hybridized carbons (Fsp3) is 0.457. The number of alkyl halides is 1. The second kappa shape index (κ2) is 9.86. The third kappa shape index (κ3) is 3.97. The molecular weight excluding hydrogens is 606 g/mol. The molecule has 8 heterocycles. The molecule has 10 rings (SSSR count). The van der Waals surface area contributed by atoms with Crippen molar-refractivity contribution in [2.24, 2.45) is 0 Å². The van der Waals surface area contributed by atoms with Gasteiger partial charge in [0.25, 0.3) is 5.56 Å². The number of phenols is 1. The summed E-state index contributed by atoms with van der Waals surface area (Å²) in [6.45, 7) is 2.46. The third-order valence-corrected chi connectivity index (χ3v) is 11.5. The normalized spacial score (nSPS) is 28.3. The number of phenolic OH excluding ortho intramolecular Hbond substituents is 1. The van der Waals surface area contributed by atoms with E-state index < -0.39 is 23.1 Å². The molecule has 5 aliphatic heterocycles. The molecule has 5 aromatic rings. The lowest BCUT2D eigenvalue weighted by Crippen LogP contribution is -2.58. The van der Waals surface area contributed by atoms with Gasteiger partial charge in [0.05, 0.1) is 17.4 Å². The van der Waals surface area contributed by atoms with Crippen molar-refractivity contribution in [2.75, 3.05) is 31.1 Å². The molecule has 0 aliphatic carbocycles. The average molecular weight is 641 g/mol. The van der Waals surface area contributed by atoms with Crippen LogP contribution in [0.15, 0.2) is 45.8 Å². The number of hydrogen-bond donors (Lipinski definition) is 2. The van der Waals surface area contributed by atoms with E-state index in [4.69, 9.17) is 14.1 Å². The zero-order valence-electron chi connectivity index (χ0n) is 25.7. The zero-order valence-corrected chi connectivity index (χ0v) is 25.7. The summed E-state index contributed by atoms with van der Waals surface area (Å²) in [5.74, 6) is -0.370. The van der Waals surface area contributed by atoms with Crippen LogP contribution in [0.5, 0.6) is 11.8 Å². The van der Waals surface area contributed by atoms with Crippen molar-refractivity contribution in [2.45, 2.75) is 74.9 Å². The van der Waals surface area contributed by atoms with Crippen molar-refractivity contribution < 1.29 is 23.0 Å². The number of aromatic hydroxyl groups is 1. The summed E-state index contributed by atoms with van der Waals surface area (Å²) < 4.78 is 45.4. The zero-order chi connectivity index (χ0) is 31.6. The number of piperazine rings is 1. The number of hydrogen-bond acceptors (Lipinski definition) is 9. The number of nitrogens with zero attached hydrogens (tertiary/aromatic N) is 5. The predicted molar refractivity (Wildman–Crippen MR) is 172 cm³/mol. The van der Waals surface area contributed by atoms with Crippen LogP contribution >= 0.6 is 0 Å². The monoisotopic (exact) mass is 640 g/mol. The highest BCUT2D eigenvalue weighted by atomic mass is 19.1. The van der Waals surface area contributed by atoms with Gasteiger partial charge in [-0.3, -0.25) is 9.69 Å². The van der Waals surface area contributed by atoms with Gasteiger partial charge in [-0.15, -0.1) is 0 Å². The van der Waals surface area contributed by atoms with Gasteiger partial charge in [-0.25, -0.2) is 8.78 Å². The number of pyridine rings is 1. The average Bonchev–Trinajstić information content (AvgIpc) is 3.82. The first-order valence-corrected chi connectivity index (χ1v) is 16.7. The fourth-order valence-electron chi connectivity index (χ4n) is 9.48. The number of ether oxygens (including phenoxy) is 1. The molecule has 5 atom stereocenters. The minimum Gasteiger partial charge on any atom is -0.508 e. The van der Waals surface area contributed by atoms with Gasteiger partial charge in [0, 0.05) is 60.5 Å². The third-order valence-electron chi connectivity index (χ3n) is 11.5. The summed E-state index contributed by atoms with van der Waals surface area (Å²) in [6, 6.07) is 8.99. The summed E-state index contributed by atoms with van der Waals surface area (Å²) in [6.07, 6.45) is 5.56. The van der Waals surface area contributed by atoms with Crippen LogP contribution in [0, 0.1) is 5.82 Å².